The van der Waals surface area contributed by atoms with Crippen molar-refractivity contribution in [3.05, 3.63) is 12.2 Å². The van der Waals surface area contributed by atoms with Gasteiger partial charge in [-0.2, -0.15) is 0 Å². The lowest BCUT2D eigenvalue weighted by molar-refractivity contribution is -0.142. The van der Waals surface area contributed by atoms with Crippen molar-refractivity contribution in [2.24, 2.45) is 0 Å². The van der Waals surface area contributed by atoms with Gasteiger partial charge in [0.25, 0.3) is 0 Å². The number of aliphatic hydroxyl groups excluding tert-OH is 1. The maximum Gasteiger partial charge on any atom is 0.186 e. The monoisotopic (exact) mass is 174 g/mol. The molecule has 0 unspecified atom stereocenters. The van der Waals surface area contributed by atoms with Gasteiger partial charge < -0.3 is 9.84 Å². The van der Waals surface area contributed by atoms with Gasteiger partial charge >= 0.3 is 0 Å². The molecule has 1 N–H and O–H groups in total. The fourth-order valence-electron chi connectivity index (χ4n) is 1.32. The molecule has 1 saturated heterocycles. The summed E-state index contributed by atoms with van der Waals surface area (Å²) in [4.78, 5) is 11.1. The van der Waals surface area contributed by atoms with Crippen molar-refractivity contribution in [2.45, 2.75) is 23.7 Å². The first kappa shape index (κ1) is 7.28. The molecule has 0 aromatic rings. The quantitative estimate of drug-likeness (QED) is 0.411. The Morgan fingerprint density at radius 1 is 1.55 bits per heavy atom. The fraction of sp³-hybridized carbons (Fsp3) is 0.571. The molecule has 0 aromatic carbocycles. The number of fused-ring (bicyclic) bond motifs is 2. The number of hydrogen-bond donors (Lipinski definition) is 1. The Labute approximate surface area is 68.6 Å². The average Bonchev–Trinajstić information content (AvgIpc) is 2.44. The van der Waals surface area contributed by atoms with Crippen LogP contribution < -0.4 is 0 Å². The molecular weight excluding hydrogens is 168 g/mol. The minimum Gasteiger partial charge on any atom is -0.388 e. The Kier molecular flexibility index (Phi) is 1.52. The number of rotatable bonds is 0. The van der Waals surface area contributed by atoms with E-state index in [2.05, 4.69) is 0 Å². The van der Waals surface area contributed by atoms with Crippen LogP contribution in [0.5, 0.6) is 0 Å². The van der Waals surface area contributed by atoms with E-state index in [1.54, 1.807) is 12.2 Å². The van der Waals surface area contributed by atoms with Crippen LogP contribution in [-0.4, -0.2) is 34.6 Å². The molecule has 4 atom stereocenters. The van der Waals surface area contributed by atoms with Gasteiger partial charge in [0.05, 0.1) is 0 Å². The lowest BCUT2D eigenvalue weighted by Gasteiger charge is -2.28. The first-order valence-electron chi connectivity index (χ1n) is 3.40. The first-order chi connectivity index (χ1) is 5.20. The molecule has 2 aliphatic heterocycles. The molecule has 0 aromatic heterocycles. The predicted octanol–water partition coefficient (Wildman–Crippen LogP) is -0.139. The van der Waals surface area contributed by atoms with E-state index in [0.29, 0.717) is 0 Å². The summed E-state index contributed by atoms with van der Waals surface area (Å²) in [5.74, 6) is -0.246. The van der Waals surface area contributed by atoms with Crippen LogP contribution in [0.2, 0.25) is 0 Å². The van der Waals surface area contributed by atoms with Crippen LogP contribution in [0.1, 0.15) is 0 Å². The number of alkyl halides is 1. The lowest BCUT2D eigenvalue weighted by Crippen LogP contribution is -2.48. The number of ketones is 1. The van der Waals surface area contributed by atoms with Crippen LogP contribution in [-0.2, 0) is 9.53 Å². The highest BCUT2D eigenvalue weighted by Crippen LogP contribution is 2.27. The highest BCUT2D eigenvalue weighted by atomic mass is 35.5. The van der Waals surface area contributed by atoms with Crippen molar-refractivity contribution in [1.29, 1.82) is 0 Å². The normalized spacial score (nSPS) is 48.4. The van der Waals surface area contributed by atoms with Crippen LogP contribution in [0, 0.1) is 0 Å². The summed E-state index contributed by atoms with van der Waals surface area (Å²) in [6.45, 7) is 0. The summed E-state index contributed by atoms with van der Waals surface area (Å²) in [6.07, 6.45) is 1.51. The van der Waals surface area contributed by atoms with E-state index in [0.717, 1.165) is 0 Å². The van der Waals surface area contributed by atoms with Gasteiger partial charge in [0.1, 0.15) is 23.7 Å². The molecule has 0 saturated carbocycles. The van der Waals surface area contributed by atoms with Crippen LogP contribution in [0.4, 0.5) is 0 Å². The molecule has 60 valence electrons. The SMILES string of the molecule is O=C1[C@@H]2C=C[C@@H](O2)[C@H](O)[C@H]1Cl. The van der Waals surface area contributed by atoms with Crippen molar-refractivity contribution in [3.63, 3.8) is 0 Å². The molecule has 11 heavy (non-hydrogen) atoms. The van der Waals surface area contributed by atoms with E-state index in [1.807, 2.05) is 0 Å². The predicted molar refractivity (Wildman–Crippen MR) is 38.5 cm³/mol. The third-order valence-corrected chi connectivity index (χ3v) is 2.44. The second kappa shape index (κ2) is 2.30. The maximum absolute atomic E-state index is 11.1. The summed E-state index contributed by atoms with van der Waals surface area (Å²) >= 11 is 5.63. The van der Waals surface area contributed by atoms with Gasteiger partial charge in [-0.15, -0.1) is 11.6 Å². The van der Waals surface area contributed by atoms with Gasteiger partial charge in [0.15, 0.2) is 5.78 Å². The van der Waals surface area contributed by atoms with Crippen molar-refractivity contribution in [1.82, 2.24) is 0 Å². The van der Waals surface area contributed by atoms with Gasteiger partial charge in [0.2, 0.25) is 0 Å². The number of aliphatic hydroxyl groups is 1. The summed E-state index contributed by atoms with van der Waals surface area (Å²) in [7, 11) is 0. The zero-order valence-corrected chi connectivity index (χ0v) is 6.36. The van der Waals surface area contributed by atoms with E-state index >= 15 is 0 Å². The second-order valence-electron chi connectivity index (χ2n) is 2.70. The van der Waals surface area contributed by atoms with E-state index in [4.69, 9.17) is 16.3 Å². The molecular formula is C7H7ClO3. The minimum absolute atomic E-state index is 0.246. The van der Waals surface area contributed by atoms with Crippen molar-refractivity contribution < 1.29 is 14.6 Å². The molecule has 2 heterocycles. The van der Waals surface area contributed by atoms with Gasteiger partial charge in [-0.05, 0) is 6.08 Å². The van der Waals surface area contributed by atoms with Crippen molar-refractivity contribution >= 4 is 17.4 Å². The number of halogens is 1. The number of ether oxygens (including phenoxy) is 1. The third kappa shape index (κ3) is 0.922. The van der Waals surface area contributed by atoms with E-state index < -0.39 is 17.6 Å². The second-order valence-corrected chi connectivity index (χ2v) is 3.17. The molecule has 1 fully saturated rings. The molecule has 0 spiro atoms. The average molecular weight is 175 g/mol. The summed E-state index contributed by atoms with van der Waals surface area (Å²) in [6, 6.07) is 0. The molecule has 2 rings (SSSR count). The fourth-order valence-corrected chi connectivity index (χ4v) is 1.59. The van der Waals surface area contributed by atoms with Crippen LogP contribution >= 0.6 is 11.6 Å². The Morgan fingerprint density at radius 2 is 2.27 bits per heavy atom. The highest BCUT2D eigenvalue weighted by Gasteiger charge is 2.44. The summed E-state index contributed by atoms with van der Waals surface area (Å²) in [5, 5.41) is 8.49. The zero-order valence-electron chi connectivity index (χ0n) is 5.61. The summed E-state index contributed by atoms with van der Waals surface area (Å²) < 4.78 is 5.10. The van der Waals surface area contributed by atoms with Crippen LogP contribution in [0.3, 0.4) is 0 Å². The lowest BCUT2D eigenvalue weighted by atomic mass is 10.0. The Hall–Kier alpha value is -0.380. The molecule has 4 heteroatoms. The third-order valence-electron chi connectivity index (χ3n) is 1.97. The Bertz CT molecular complexity index is 226. The topological polar surface area (TPSA) is 46.5 Å². The molecule has 3 nitrogen and oxygen atoms in total. The number of Topliss-reactive ketones (excluding diaryl/α,β-unsaturated/α-hetero) is 1. The van der Waals surface area contributed by atoms with Crippen LogP contribution in [0.25, 0.3) is 0 Å². The summed E-state index contributed by atoms with van der Waals surface area (Å²) in [5.41, 5.74) is 0. The zero-order chi connectivity index (χ0) is 8.01. The molecule has 0 radical (unpaired) electrons. The maximum atomic E-state index is 11.1. The molecule has 2 bridgehead atoms. The smallest absolute Gasteiger partial charge is 0.186 e. The van der Waals surface area contributed by atoms with Gasteiger partial charge in [-0.3, -0.25) is 4.79 Å². The van der Waals surface area contributed by atoms with E-state index in [9.17, 15) is 9.90 Å². The van der Waals surface area contributed by atoms with Gasteiger partial charge in [-0.1, -0.05) is 6.08 Å². The number of carbonyl (C=O) groups is 1. The van der Waals surface area contributed by atoms with Crippen molar-refractivity contribution in [3.8, 4) is 0 Å². The van der Waals surface area contributed by atoms with Gasteiger partial charge in [0, 0.05) is 0 Å². The first-order valence-corrected chi connectivity index (χ1v) is 3.83. The minimum atomic E-state index is -0.890. The van der Waals surface area contributed by atoms with Crippen LogP contribution in [0.15, 0.2) is 12.2 Å². The standard InChI is InChI=1S/C7H7ClO3/c8-5-6(9)3-1-2-4(11-3)7(5)10/h1-6,9H/t3-,4+,5-,6+/m1/s1. The molecule has 0 aliphatic carbocycles. The Balaban J connectivity index is 2.29. The van der Waals surface area contributed by atoms with E-state index in [1.165, 1.54) is 0 Å². The van der Waals surface area contributed by atoms with Gasteiger partial charge in [-0.25, -0.2) is 0 Å². The number of carbonyl (C=O) groups excluding carboxylic acids is 1. The molecule has 2 aliphatic rings. The highest BCUT2D eigenvalue weighted by molar-refractivity contribution is 6.32. The largest absolute Gasteiger partial charge is 0.388 e. The van der Waals surface area contributed by atoms with Crippen molar-refractivity contribution in [2.75, 3.05) is 0 Å². The Morgan fingerprint density at radius 3 is 3.00 bits per heavy atom. The van der Waals surface area contributed by atoms with E-state index in [-0.39, 0.29) is 11.9 Å². The molecule has 0 amide bonds. The number of hydrogen-bond acceptors (Lipinski definition) is 3.